The number of nitrogens with zero attached hydrogens (tertiary/aromatic N) is 1. The molecule has 0 radical (unpaired) electrons. The zero-order chi connectivity index (χ0) is 30.0. The molecule has 0 aromatic heterocycles. The van der Waals surface area contributed by atoms with E-state index in [4.69, 9.17) is 4.74 Å². The predicted molar refractivity (Wildman–Crippen MR) is 146 cm³/mol. The summed E-state index contributed by atoms with van der Waals surface area (Å²) in [6, 6.07) is 0.253. The number of likely N-dealkylation sites (N-methyl/N-ethyl adjacent to an activating group) is 1. The fourth-order valence-corrected chi connectivity index (χ4v) is 7.50. The lowest BCUT2D eigenvalue weighted by molar-refractivity contribution is -0.132. The van der Waals surface area contributed by atoms with Gasteiger partial charge in [0, 0.05) is 30.0 Å². The number of aromatic hydroxyl groups is 1. The number of carbonyl (C=O) groups is 3. The summed E-state index contributed by atoms with van der Waals surface area (Å²) in [7, 11) is 6.68. The number of benzene rings is 1. The molecule has 4 aliphatic rings. The first-order valence-electron chi connectivity index (χ1n) is 13.9. The number of phenols is 1. The number of fused-ring (bicyclic) bond motifs is 2. The number of allylic oxidation sites excluding steroid dienone is 1. The Balaban J connectivity index is 1.56. The van der Waals surface area contributed by atoms with Crippen LogP contribution >= 0.6 is 0 Å². The van der Waals surface area contributed by atoms with Gasteiger partial charge in [-0.05, 0) is 58.0 Å². The number of nitrogens with one attached hydrogen (secondary N) is 1. The number of halogens is 1. The van der Waals surface area contributed by atoms with E-state index in [9.17, 15) is 34.8 Å². The molecule has 41 heavy (non-hydrogen) atoms. The number of aliphatic hydroxyl groups is 3. The number of ether oxygens (including phenoxy) is 1. The monoisotopic (exact) mass is 571 g/mol. The maximum Gasteiger partial charge on any atom is 0.224 e. The van der Waals surface area contributed by atoms with Crippen LogP contribution in [0.5, 0.6) is 5.75 Å². The highest BCUT2D eigenvalue weighted by atomic mass is 19.1. The molecule has 0 bridgehead atoms. The van der Waals surface area contributed by atoms with Crippen molar-refractivity contribution >= 4 is 28.9 Å². The molecule has 2 saturated carbocycles. The van der Waals surface area contributed by atoms with Crippen LogP contribution in [0.4, 0.5) is 10.1 Å². The molecular formula is C30H36FN2O8+. The van der Waals surface area contributed by atoms with Crippen molar-refractivity contribution in [2.45, 2.75) is 63.5 Å². The van der Waals surface area contributed by atoms with E-state index in [0.29, 0.717) is 19.4 Å². The van der Waals surface area contributed by atoms with Gasteiger partial charge < -0.3 is 25.7 Å². The largest absolute Gasteiger partial charge is 0.510 e. The van der Waals surface area contributed by atoms with Gasteiger partial charge in [-0.1, -0.05) is 6.92 Å². The summed E-state index contributed by atoms with van der Waals surface area (Å²) in [5.41, 5.74) is -4.05. The molecule has 0 heterocycles. The Morgan fingerprint density at radius 1 is 1.24 bits per heavy atom. The molecule has 5 N–H and O–H groups in total. The van der Waals surface area contributed by atoms with E-state index in [1.54, 1.807) is 25.9 Å². The SMILES string of the molecule is [CH2+]OCCCCC(=O)Nc1cc(F)c2c(c1O)C(O)=C1C(=O)C34CC3(O)C(C(=O)CC)=C(O)C(N(C)C)C4CC1C2. The highest BCUT2D eigenvalue weighted by Crippen LogP contribution is 2.74. The molecule has 1 aromatic carbocycles. The molecule has 4 aliphatic carbocycles. The second-order valence-corrected chi connectivity index (χ2v) is 11.8. The molecule has 220 valence electrons. The van der Waals surface area contributed by atoms with Crippen molar-refractivity contribution in [3.63, 3.8) is 0 Å². The molecule has 11 heteroatoms. The van der Waals surface area contributed by atoms with E-state index in [1.807, 2.05) is 0 Å². The Hall–Kier alpha value is -3.41. The third-order valence-electron chi connectivity index (χ3n) is 9.38. The Bertz CT molecular complexity index is 1400. The lowest BCUT2D eigenvalue weighted by atomic mass is 9.58. The number of ketones is 2. The summed E-state index contributed by atoms with van der Waals surface area (Å²) >= 11 is 0. The summed E-state index contributed by atoms with van der Waals surface area (Å²) in [5, 5.41) is 47.9. The number of rotatable bonds is 9. The number of unbranched alkanes of at least 4 members (excludes halogenated alkanes) is 1. The number of phenolic OH excluding ortho intramolecular Hbond substituents is 1. The smallest absolute Gasteiger partial charge is 0.224 e. The highest BCUT2D eigenvalue weighted by molar-refractivity contribution is 6.13. The van der Waals surface area contributed by atoms with Crippen LogP contribution in [-0.4, -0.2) is 75.1 Å². The molecule has 10 nitrogen and oxygen atoms in total. The van der Waals surface area contributed by atoms with E-state index in [-0.39, 0.29) is 65.8 Å². The first kappa shape index (κ1) is 29.1. The topological polar surface area (TPSA) is 157 Å². The molecule has 1 spiro atoms. The summed E-state index contributed by atoms with van der Waals surface area (Å²) in [6.07, 6.45) is 1.28. The summed E-state index contributed by atoms with van der Waals surface area (Å²) in [4.78, 5) is 41.3. The minimum absolute atomic E-state index is 0.00739. The first-order valence-corrected chi connectivity index (χ1v) is 13.9. The van der Waals surface area contributed by atoms with E-state index in [2.05, 4.69) is 12.4 Å². The molecule has 0 aliphatic heterocycles. The summed E-state index contributed by atoms with van der Waals surface area (Å²) in [5.74, 6) is -4.95. The van der Waals surface area contributed by atoms with Gasteiger partial charge in [-0.3, -0.25) is 19.3 Å². The lowest BCUT2D eigenvalue weighted by Gasteiger charge is -2.48. The number of hydrogen-bond donors (Lipinski definition) is 5. The maximum atomic E-state index is 15.4. The molecule has 5 atom stereocenters. The molecule has 1 aromatic rings. The standard InChI is InChI=1S/C30H35FN2O8/c1-5-19(34)23-27(38)24(33(2)3)16-11-14-10-15-17(31)12-18(32-20(35)8-6-7-9-41-4)25(36)22(15)26(37)21(14)28(39)29(16)13-30(23,29)40/h12,14,16,24,40H,4-11,13H2,1-3H3,(H3-,32,34,35,36,37,38,39)/p+1. The van der Waals surface area contributed by atoms with Gasteiger partial charge in [0.2, 0.25) is 13.0 Å². The van der Waals surface area contributed by atoms with Gasteiger partial charge in [-0.15, -0.1) is 0 Å². The van der Waals surface area contributed by atoms with Gasteiger partial charge in [0.25, 0.3) is 0 Å². The Morgan fingerprint density at radius 3 is 2.59 bits per heavy atom. The number of hydrogen-bond acceptors (Lipinski definition) is 9. The lowest BCUT2D eigenvalue weighted by Crippen LogP contribution is -2.56. The van der Waals surface area contributed by atoms with Gasteiger partial charge in [0.15, 0.2) is 17.3 Å². The number of carbonyl (C=O) groups excluding carboxylic acids is 3. The summed E-state index contributed by atoms with van der Waals surface area (Å²) in [6.45, 7) is 1.98. The number of Topliss-reactive ketones (excluding diaryl/α,β-unsaturated/α-hetero) is 2. The molecular weight excluding hydrogens is 535 g/mol. The zero-order valence-electron chi connectivity index (χ0n) is 23.4. The minimum atomic E-state index is -1.89. The third-order valence-corrected chi connectivity index (χ3v) is 9.38. The van der Waals surface area contributed by atoms with Gasteiger partial charge in [0.05, 0.1) is 34.9 Å². The summed E-state index contributed by atoms with van der Waals surface area (Å²) < 4.78 is 20.1. The van der Waals surface area contributed by atoms with Gasteiger partial charge >= 0.3 is 0 Å². The van der Waals surface area contributed by atoms with Crippen LogP contribution < -0.4 is 5.32 Å². The van der Waals surface area contributed by atoms with E-state index < -0.39 is 63.7 Å². The van der Waals surface area contributed by atoms with Crippen molar-refractivity contribution < 1.29 is 43.9 Å². The average Bonchev–Trinajstić information content (AvgIpc) is 3.54. The molecule has 2 fully saturated rings. The molecule has 5 rings (SSSR count). The minimum Gasteiger partial charge on any atom is -0.510 e. The Morgan fingerprint density at radius 2 is 1.95 bits per heavy atom. The van der Waals surface area contributed by atoms with Crippen LogP contribution in [0.15, 0.2) is 23.0 Å². The van der Waals surface area contributed by atoms with Gasteiger partial charge in [-0.2, -0.15) is 4.74 Å². The van der Waals surface area contributed by atoms with E-state index in [1.165, 1.54) is 0 Å². The number of amides is 1. The average molecular weight is 572 g/mol. The molecule has 1 amide bonds. The Labute approximate surface area is 237 Å². The third kappa shape index (κ3) is 4.08. The van der Waals surface area contributed by atoms with E-state index in [0.717, 1.165) is 6.07 Å². The van der Waals surface area contributed by atoms with Crippen LogP contribution in [0.2, 0.25) is 0 Å². The predicted octanol–water partition coefficient (Wildman–Crippen LogP) is 3.33. The van der Waals surface area contributed by atoms with Crippen LogP contribution in [0, 0.1) is 30.2 Å². The van der Waals surface area contributed by atoms with Crippen molar-refractivity contribution in [3.8, 4) is 5.75 Å². The van der Waals surface area contributed by atoms with Gasteiger partial charge in [0.1, 0.15) is 22.9 Å². The fourth-order valence-electron chi connectivity index (χ4n) is 7.50. The number of anilines is 1. The van der Waals surface area contributed by atoms with E-state index >= 15 is 4.39 Å². The van der Waals surface area contributed by atoms with Crippen molar-refractivity contribution in [2.75, 3.05) is 26.0 Å². The van der Waals surface area contributed by atoms with Crippen molar-refractivity contribution in [3.05, 3.63) is 47.0 Å². The van der Waals surface area contributed by atoms with Crippen LogP contribution in [0.25, 0.3) is 5.76 Å². The first-order chi connectivity index (χ1) is 19.3. The second kappa shape index (κ2) is 10.1. The van der Waals surface area contributed by atoms with Crippen molar-refractivity contribution in [1.29, 1.82) is 0 Å². The Kier molecular flexibility index (Phi) is 7.20. The fraction of sp³-hybridized carbons (Fsp3) is 0.533. The van der Waals surface area contributed by atoms with Crippen molar-refractivity contribution in [2.24, 2.45) is 17.3 Å². The normalized spacial score (nSPS) is 30.0. The van der Waals surface area contributed by atoms with Crippen LogP contribution in [-0.2, 0) is 25.5 Å². The van der Waals surface area contributed by atoms with Crippen molar-refractivity contribution in [1.82, 2.24) is 4.90 Å². The molecule has 0 saturated heterocycles. The van der Waals surface area contributed by atoms with Crippen LogP contribution in [0.3, 0.4) is 0 Å². The second-order valence-electron chi connectivity index (χ2n) is 11.8. The van der Waals surface area contributed by atoms with Crippen LogP contribution in [0.1, 0.15) is 56.6 Å². The number of aliphatic hydroxyl groups excluding tert-OH is 2. The quantitative estimate of drug-likeness (QED) is 0.170. The molecule has 5 unspecified atom stereocenters. The zero-order valence-corrected chi connectivity index (χ0v) is 23.4. The maximum absolute atomic E-state index is 15.4. The van der Waals surface area contributed by atoms with Gasteiger partial charge in [-0.25, -0.2) is 4.39 Å². The highest BCUT2D eigenvalue weighted by Gasteiger charge is 2.82.